The molecule has 0 aromatic heterocycles. The van der Waals surface area contributed by atoms with Crippen LogP contribution in [0, 0.1) is 0 Å². The topological polar surface area (TPSA) is 58.2 Å². The minimum absolute atomic E-state index is 0.0238. The van der Waals surface area contributed by atoms with E-state index in [1.54, 1.807) is 0 Å². The molecule has 96 valence electrons. The summed E-state index contributed by atoms with van der Waals surface area (Å²) in [6.07, 6.45) is 0. The summed E-state index contributed by atoms with van der Waals surface area (Å²) >= 11 is 6.04. The van der Waals surface area contributed by atoms with Gasteiger partial charge in [-0.2, -0.15) is 0 Å². The van der Waals surface area contributed by atoms with Gasteiger partial charge in [0.05, 0.1) is 5.75 Å². The first-order chi connectivity index (χ1) is 7.96. The van der Waals surface area contributed by atoms with Crippen molar-refractivity contribution in [2.24, 2.45) is 0 Å². The van der Waals surface area contributed by atoms with Crippen molar-refractivity contribution in [1.29, 1.82) is 0 Å². The average molecular weight is 277 g/mol. The third-order valence-corrected chi connectivity index (χ3v) is 4.21. The van der Waals surface area contributed by atoms with Crippen LogP contribution in [0.15, 0.2) is 24.3 Å². The highest BCUT2D eigenvalue weighted by molar-refractivity contribution is 7.89. The number of sulfonamides is 1. The Morgan fingerprint density at radius 3 is 2.59 bits per heavy atom. The van der Waals surface area contributed by atoms with E-state index in [1.807, 2.05) is 31.2 Å². The molecule has 0 saturated carbocycles. The largest absolute Gasteiger partial charge is 0.309 e. The Kier molecular flexibility index (Phi) is 5.39. The Balaban J connectivity index is 2.51. The maximum absolute atomic E-state index is 11.2. The molecule has 0 aliphatic heterocycles. The van der Waals surface area contributed by atoms with Crippen LogP contribution >= 0.6 is 11.6 Å². The molecule has 0 radical (unpaired) electrons. The van der Waals surface area contributed by atoms with Crippen LogP contribution < -0.4 is 10.0 Å². The summed E-state index contributed by atoms with van der Waals surface area (Å²) in [6, 6.07) is 7.54. The summed E-state index contributed by atoms with van der Waals surface area (Å²) in [5.41, 5.74) is 0.969. The third-order valence-electron chi connectivity index (χ3n) is 2.50. The van der Waals surface area contributed by atoms with E-state index in [0.29, 0.717) is 11.6 Å². The number of rotatable bonds is 6. The Bertz CT molecular complexity index is 462. The van der Waals surface area contributed by atoms with Gasteiger partial charge >= 0.3 is 0 Å². The van der Waals surface area contributed by atoms with Gasteiger partial charge in [0.1, 0.15) is 0 Å². The van der Waals surface area contributed by atoms with Gasteiger partial charge in [-0.15, -0.1) is 0 Å². The molecule has 1 unspecified atom stereocenters. The molecule has 1 aromatic carbocycles. The Labute approximate surface area is 107 Å². The summed E-state index contributed by atoms with van der Waals surface area (Å²) in [5, 5.41) is 3.81. The fourth-order valence-corrected chi connectivity index (χ4v) is 2.34. The molecule has 0 fully saturated rings. The lowest BCUT2D eigenvalue weighted by Crippen LogP contribution is -2.31. The second-order valence-corrected chi connectivity index (χ2v) is 6.17. The molecule has 6 heteroatoms. The van der Waals surface area contributed by atoms with Crippen LogP contribution in [0.4, 0.5) is 0 Å². The van der Waals surface area contributed by atoms with Gasteiger partial charge < -0.3 is 5.32 Å². The first-order valence-electron chi connectivity index (χ1n) is 5.35. The molecule has 1 atom stereocenters. The third kappa shape index (κ3) is 4.63. The van der Waals surface area contributed by atoms with Crippen molar-refractivity contribution in [3.63, 3.8) is 0 Å². The minimum Gasteiger partial charge on any atom is -0.309 e. The van der Waals surface area contributed by atoms with Gasteiger partial charge in [0.2, 0.25) is 10.0 Å². The molecule has 0 heterocycles. The number of benzene rings is 1. The minimum atomic E-state index is -3.15. The fourth-order valence-electron chi connectivity index (χ4n) is 1.45. The van der Waals surface area contributed by atoms with E-state index in [2.05, 4.69) is 10.0 Å². The van der Waals surface area contributed by atoms with E-state index in [0.717, 1.165) is 5.56 Å². The molecule has 17 heavy (non-hydrogen) atoms. The van der Waals surface area contributed by atoms with Crippen molar-refractivity contribution in [2.45, 2.75) is 13.0 Å². The molecule has 0 saturated heterocycles. The maximum atomic E-state index is 11.2. The van der Waals surface area contributed by atoms with E-state index in [9.17, 15) is 8.42 Å². The van der Waals surface area contributed by atoms with Gasteiger partial charge in [-0.3, -0.25) is 0 Å². The number of hydrogen-bond donors (Lipinski definition) is 2. The monoisotopic (exact) mass is 276 g/mol. The van der Waals surface area contributed by atoms with Crippen LogP contribution in [0.5, 0.6) is 0 Å². The van der Waals surface area contributed by atoms with Gasteiger partial charge in [0.25, 0.3) is 0 Å². The molecule has 0 aliphatic rings. The average Bonchev–Trinajstić information content (AvgIpc) is 2.29. The smallest absolute Gasteiger partial charge is 0.212 e. The Hall–Kier alpha value is -0.620. The van der Waals surface area contributed by atoms with Crippen LogP contribution in [0.3, 0.4) is 0 Å². The summed E-state index contributed by atoms with van der Waals surface area (Å²) in [5.74, 6) is 0.0539. The lowest BCUT2D eigenvalue weighted by atomic mass is 10.1. The number of hydrogen-bond acceptors (Lipinski definition) is 3. The fraction of sp³-hybridized carbons (Fsp3) is 0.455. The van der Waals surface area contributed by atoms with Crippen molar-refractivity contribution in [2.75, 3.05) is 19.3 Å². The lowest BCUT2D eigenvalue weighted by Gasteiger charge is -2.15. The van der Waals surface area contributed by atoms with Crippen LogP contribution in [0.2, 0.25) is 5.02 Å². The molecule has 0 bridgehead atoms. The van der Waals surface area contributed by atoms with E-state index in [4.69, 9.17) is 11.6 Å². The van der Waals surface area contributed by atoms with Crippen LogP contribution in [-0.4, -0.2) is 27.8 Å². The lowest BCUT2D eigenvalue weighted by molar-refractivity contribution is 0.567. The molecule has 1 rings (SSSR count). The summed E-state index contributed by atoms with van der Waals surface area (Å²) < 4.78 is 24.7. The van der Waals surface area contributed by atoms with Crippen LogP contribution in [-0.2, 0) is 10.0 Å². The highest BCUT2D eigenvalue weighted by Gasteiger charge is 2.10. The highest BCUT2D eigenvalue weighted by atomic mass is 35.5. The van der Waals surface area contributed by atoms with E-state index in [-0.39, 0.29) is 11.8 Å². The summed E-state index contributed by atoms with van der Waals surface area (Å²) in [4.78, 5) is 0. The van der Waals surface area contributed by atoms with Crippen molar-refractivity contribution in [3.05, 3.63) is 34.9 Å². The van der Waals surface area contributed by atoms with Crippen molar-refractivity contribution in [3.8, 4) is 0 Å². The van der Waals surface area contributed by atoms with Gasteiger partial charge in [0.15, 0.2) is 0 Å². The predicted molar refractivity (Wildman–Crippen MR) is 70.7 cm³/mol. The van der Waals surface area contributed by atoms with Crippen molar-refractivity contribution in [1.82, 2.24) is 10.0 Å². The first kappa shape index (κ1) is 14.4. The van der Waals surface area contributed by atoms with Crippen molar-refractivity contribution < 1.29 is 8.42 Å². The molecule has 2 N–H and O–H groups in total. The highest BCUT2D eigenvalue weighted by Crippen LogP contribution is 2.21. The van der Waals surface area contributed by atoms with E-state index < -0.39 is 10.0 Å². The summed E-state index contributed by atoms with van der Waals surface area (Å²) in [7, 11) is -1.74. The van der Waals surface area contributed by atoms with Crippen LogP contribution in [0.1, 0.15) is 18.5 Å². The maximum Gasteiger partial charge on any atom is 0.212 e. The molecule has 0 aliphatic carbocycles. The van der Waals surface area contributed by atoms with Crippen molar-refractivity contribution >= 4 is 21.6 Å². The second kappa shape index (κ2) is 6.35. The standard InChI is InChI=1S/C11H17ClN2O2S/c1-9(10-5-3-4-6-11(10)12)14-7-8-17(15,16)13-2/h3-6,9,13-14H,7-8H2,1-2H3. The zero-order valence-corrected chi connectivity index (χ0v) is 11.5. The van der Waals surface area contributed by atoms with Gasteiger partial charge in [0, 0.05) is 17.6 Å². The normalized spacial score (nSPS) is 13.6. The Morgan fingerprint density at radius 2 is 2.00 bits per heavy atom. The van der Waals surface area contributed by atoms with Gasteiger partial charge in [-0.1, -0.05) is 29.8 Å². The zero-order chi connectivity index (χ0) is 12.9. The molecule has 1 aromatic rings. The molecule has 0 spiro atoms. The SMILES string of the molecule is CNS(=O)(=O)CCNC(C)c1ccccc1Cl. The van der Waals surface area contributed by atoms with Gasteiger partial charge in [-0.05, 0) is 25.6 Å². The summed E-state index contributed by atoms with van der Waals surface area (Å²) in [6.45, 7) is 2.34. The van der Waals surface area contributed by atoms with Crippen LogP contribution in [0.25, 0.3) is 0 Å². The molecular weight excluding hydrogens is 260 g/mol. The number of nitrogens with one attached hydrogen (secondary N) is 2. The zero-order valence-electron chi connectivity index (χ0n) is 9.90. The second-order valence-electron chi connectivity index (χ2n) is 3.72. The first-order valence-corrected chi connectivity index (χ1v) is 7.38. The van der Waals surface area contributed by atoms with Gasteiger partial charge in [-0.25, -0.2) is 13.1 Å². The molecular formula is C11H17ClN2O2S. The Morgan fingerprint density at radius 1 is 1.35 bits per heavy atom. The number of halogens is 1. The molecule has 0 amide bonds. The van der Waals surface area contributed by atoms with E-state index in [1.165, 1.54) is 7.05 Å². The molecule has 4 nitrogen and oxygen atoms in total. The predicted octanol–water partition coefficient (Wildman–Crippen LogP) is 1.54. The quantitative estimate of drug-likeness (QED) is 0.829. The van der Waals surface area contributed by atoms with E-state index >= 15 is 0 Å².